The van der Waals surface area contributed by atoms with Gasteiger partial charge in [-0.2, -0.15) is 0 Å². The van der Waals surface area contributed by atoms with Crippen LogP contribution in [-0.4, -0.2) is 20.6 Å². The van der Waals surface area contributed by atoms with E-state index in [1.54, 1.807) is 0 Å². The van der Waals surface area contributed by atoms with Gasteiger partial charge < -0.3 is 10.1 Å². The summed E-state index contributed by atoms with van der Waals surface area (Å²) in [6, 6.07) is 0. The molecular formula is C10H16N2O3. The molecule has 1 rings (SSSR count). The predicted octanol–water partition coefficient (Wildman–Crippen LogP) is 1.24. The van der Waals surface area contributed by atoms with E-state index < -0.39 is 5.97 Å². The Morgan fingerprint density at radius 1 is 1.40 bits per heavy atom. The molecule has 0 radical (unpaired) electrons. The van der Waals surface area contributed by atoms with Crippen LogP contribution in [0.1, 0.15) is 42.9 Å². The average Bonchev–Trinajstić information content (AvgIpc) is 2.44. The molecule has 0 bridgehead atoms. The van der Waals surface area contributed by atoms with E-state index in [4.69, 9.17) is 5.11 Å². The van der Waals surface area contributed by atoms with Crippen molar-refractivity contribution in [2.24, 2.45) is 0 Å². The fourth-order valence-electron chi connectivity index (χ4n) is 1.63. The SMILES string of the molecule is CCCc1[nH]c(=O)n(CCC)c1C(=O)O. The van der Waals surface area contributed by atoms with E-state index in [0.717, 1.165) is 12.8 Å². The topological polar surface area (TPSA) is 75.1 Å². The van der Waals surface area contributed by atoms with Gasteiger partial charge in [-0.15, -0.1) is 0 Å². The molecule has 1 aromatic heterocycles. The lowest BCUT2D eigenvalue weighted by Crippen LogP contribution is -2.20. The maximum Gasteiger partial charge on any atom is 0.354 e. The van der Waals surface area contributed by atoms with Crippen LogP contribution in [-0.2, 0) is 13.0 Å². The Kier molecular flexibility index (Phi) is 3.71. The lowest BCUT2D eigenvalue weighted by molar-refractivity contribution is 0.0683. The van der Waals surface area contributed by atoms with Gasteiger partial charge in [0, 0.05) is 6.54 Å². The van der Waals surface area contributed by atoms with Gasteiger partial charge in [0.25, 0.3) is 0 Å². The smallest absolute Gasteiger partial charge is 0.354 e. The van der Waals surface area contributed by atoms with E-state index >= 15 is 0 Å². The maximum absolute atomic E-state index is 11.5. The van der Waals surface area contributed by atoms with Crippen LogP contribution in [0.25, 0.3) is 0 Å². The number of aryl methyl sites for hydroxylation is 1. The molecule has 84 valence electrons. The Hall–Kier alpha value is -1.52. The van der Waals surface area contributed by atoms with Crippen molar-refractivity contribution in [3.8, 4) is 0 Å². The molecule has 0 unspecified atom stereocenters. The third-order valence-electron chi connectivity index (χ3n) is 2.21. The van der Waals surface area contributed by atoms with E-state index in [2.05, 4.69) is 4.98 Å². The molecule has 0 aliphatic carbocycles. The van der Waals surface area contributed by atoms with Gasteiger partial charge in [0.05, 0.1) is 5.69 Å². The molecule has 0 spiro atoms. The lowest BCUT2D eigenvalue weighted by Gasteiger charge is -2.02. The number of nitrogens with zero attached hydrogens (tertiary/aromatic N) is 1. The second kappa shape index (κ2) is 4.82. The maximum atomic E-state index is 11.5. The quantitative estimate of drug-likeness (QED) is 0.771. The number of aromatic amines is 1. The summed E-state index contributed by atoms with van der Waals surface area (Å²) in [5.41, 5.74) is 0.324. The van der Waals surface area contributed by atoms with Crippen molar-refractivity contribution < 1.29 is 9.90 Å². The molecular weight excluding hydrogens is 196 g/mol. The highest BCUT2D eigenvalue weighted by Crippen LogP contribution is 2.07. The van der Waals surface area contributed by atoms with E-state index in [1.807, 2.05) is 13.8 Å². The Morgan fingerprint density at radius 2 is 2.07 bits per heavy atom. The third-order valence-corrected chi connectivity index (χ3v) is 2.21. The molecule has 0 aromatic carbocycles. The summed E-state index contributed by atoms with van der Waals surface area (Å²) >= 11 is 0. The Labute approximate surface area is 87.7 Å². The largest absolute Gasteiger partial charge is 0.477 e. The number of carboxylic acid groups (broad SMARTS) is 1. The van der Waals surface area contributed by atoms with Crippen molar-refractivity contribution in [2.45, 2.75) is 39.7 Å². The Morgan fingerprint density at radius 3 is 2.53 bits per heavy atom. The first-order valence-electron chi connectivity index (χ1n) is 5.16. The van der Waals surface area contributed by atoms with Crippen LogP contribution in [0.4, 0.5) is 0 Å². The molecule has 1 heterocycles. The van der Waals surface area contributed by atoms with Crippen LogP contribution in [0.15, 0.2) is 4.79 Å². The fourth-order valence-corrected chi connectivity index (χ4v) is 1.63. The highest BCUT2D eigenvalue weighted by Gasteiger charge is 2.18. The van der Waals surface area contributed by atoms with Gasteiger partial charge in [-0.25, -0.2) is 9.59 Å². The van der Waals surface area contributed by atoms with Crippen LogP contribution in [0.3, 0.4) is 0 Å². The third kappa shape index (κ3) is 2.29. The van der Waals surface area contributed by atoms with Crippen molar-refractivity contribution >= 4 is 5.97 Å². The van der Waals surface area contributed by atoms with Crippen molar-refractivity contribution in [3.05, 3.63) is 21.9 Å². The summed E-state index contributed by atoms with van der Waals surface area (Å²) in [5.74, 6) is -1.04. The molecule has 1 aromatic rings. The minimum atomic E-state index is -1.04. The number of nitrogens with one attached hydrogen (secondary N) is 1. The first kappa shape index (κ1) is 11.6. The minimum Gasteiger partial charge on any atom is -0.477 e. The molecule has 15 heavy (non-hydrogen) atoms. The fraction of sp³-hybridized carbons (Fsp3) is 0.600. The molecule has 5 nitrogen and oxygen atoms in total. The molecule has 0 amide bonds. The van der Waals surface area contributed by atoms with Crippen molar-refractivity contribution in [1.82, 2.24) is 9.55 Å². The van der Waals surface area contributed by atoms with E-state index in [-0.39, 0.29) is 11.4 Å². The lowest BCUT2D eigenvalue weighted by atomic mass is 10.2. The number of rotatable bonds is 5. The Balaban J connectivity index is 3.24. The van der Waals surface area contributed by atoms with Crippen molar-refractivity contribution in [2.75, 3.05) is 0 Å². The summed E-state index contributed by atoms with van der Waals surface area (Å²) in [5, 5.41) is 9.03. The second-order valence-corrected chi connectivity index (χ2v) is 3.46. The average molecular weight is 212 g/mol. The summed E-state index contributed by atoms with van der Waals surface area (Å²) in [7, 11) is 0. The van der Waals surface area contributed by atoms with Crippen LogP contribution in [0.2, 0.25) is 0 Å². The zero-order valence-electron chi connectivity index (χ0n) is 9.04. The van der Waals surface area contributed by atoms with Gasteiger partial charge in [0.1, 0.15) is 0 Å². The molecule has 0 saturated carbocycles. The van der Waals surface area contributed by atoms with Gasteiger partial charge in [0.2, 0.25) is 0 Å². The zero-order chi connectivity index (χ0) is 11.4. The normalized spacial score (nSPS) is 10.5. The number of hydrogen-bond acceptors (Lipinski definition) is 2. The van der Waals surface area contributed by atoms with E-state index in [0.29, 0.717) is 18.7 Å². The van der Waals surface area contributed by atoms with E-state index in [1.165, 1.54) is 4.57 Å². The summed E-state index contributed by atoms with van der Waals surface area (Å²) < 4.78 is 1.30. The van der Waals surface area contributed by atoms with E-state index in [9.17, 15) is 9.59 Å². The molecule has 0 aliphatic heterocycles. The summed E-state index contributed by atoms with van der Waals surface area (Å²) in [6.45, 7) is 4.30. The van der Waals surface area contributed by atoms with Gasteiger partial charge in [-0.05, 0) is 12.8 Å². The molecule has 5 heteroatoms. The van der Waals surface area contributed by atoms with Gasteiger partial charge >= 0.3 is 11.7 Å². The number of imidazole rings is 1. The van der Waals surface area contributed by atoms with Gasteiger partial charge in [-0.3, -0.25) is 4.57 Å². The van der Waals surface area contributed by atoms with Crippen LogP contribution >= 0.6 is 0 Å². The number of hydrogen-bond donors (Lipinski definition) is 2. The van der Waals surface area contributed by atoms with Gasteiger partial charge in [0.15, 0.2) is 5.69 Å². The number of carboxylic acids is 1. The second-order valence-electron chi connectivity index (χ2n) is 3.46. The molecule has 0 saturated heterocycles. The van der Waals surface area contributed by atoms with Gasteiger partial charge in [-0.1, -0.05) is 20.3 Å². The standard InChI is InChI=1S/C10H16N2O3/c1-3-5-7-8(9(13)14)12(6-4-2)10(15)11-7/h3-6H2,1-2H3,(H,11,15)(H,13,14). The first-order chi connectivity index (χ1) is 7.11. The summed E-state index contributed by atoms with van der Waals surface area (Å²) in [4.78, 5) is 25.1. The molecule has 0 aliphatic rings. The first-order valence-corrected chi connectivity index (χ1v) is 5.16. The zero-order valence-corrected chi connectivity index (χ0v) is 9.04. The number of aromatic carboxylic acids is 1. The molecule has 0 atom stereocenters. The minimum absolute atomic E-state index is 0.115. The Bertz CT molecular complexity index is 403. The van der Waals surface area contributed by atoms with Crippen LogP contribution < -0.4 is 5.69 Å². The summed E-state index contributed by atoms with van der Waals surface area (Å²) in [6.07, 6.45) is 2.14. The number of aromatic nitrogens is 2. The van der Waals surface area contributed by atoms with Crippen molar-refractivity contribution in [3.63, 3.8) is 0 Å². The number of carbonyl (C=O) groups is 1. The predicted molar refractivity (Wildman–Crippen MR) is 56.3 cm³/mol. The van der Waals surface area contributed by atoms with Crippen LogP contribution in [0.5, 0.6) is 0 Å². The van der Waals surface area contributed by atoms with Crippen LogP contribution in [0, 0.1) is 0 Å². The highest BCUT2D eigenvalue weighted by atomic mass is 16.4. The monoisotopic (exact) mass is 212 g/mol. The highest BCUT2D eigenvalue weighted by molar-refractivity contribution is 5.87. The van der Waals surface area contributed by atoms with Crippen molar-refractivity contribution in [1.29, 1.82) is 0 Å². The molecule has 0 fully saturated rings. The number of H-pyrrole nitrogens is 1. The molecule has 2 N–H and O–H groups in total.